The van der Waals surface area contributed by atoms with Crippen molar-refractivity contribution in [3.05, 3.63) is 62.4 Å². The maximum Gasteiger partial charge on any atom is 0.417 e. The van der Waals surface area contributed by atoms with E-state index in [0.29, 0.717) is 27.9 Å². The Labute approximate surface area is 169 Å². The van der Waals surface area contributed by atoms with Gasteiger partial charge in [0.15, 0.2) is 0 Å². The van der Waals surface area contributed by atoms with Crippen LogP contribution in [0.4, 0.5) is 13.2 Å². The molecule has 148 valence electrons. The molecule has 27 heavy (non-hydrogen) atoms. The van der Waals surface area contributed by atoms with Crippen molar-refractivity contribution in [2.45, 2.75) is 19.3 Å². The Bertz CT molecular complexity index is 919. The van der Waals surface area contributed by atoms with E-state index in [1.807, 2.05) is 0 Å². The van der Waals surface area contributed by atoms with E-state index in [1.165, 1.54) is 25.2 Å². The van der Waals surface area contributed by atoms with E-state index in [0.717, 1.165) is 4.31 Å². The molecule has 0 amide bonds. The maximum atomic E-state index is 12.7. The minimum atomic E-state index is -4.61. The monoisotopic (exact) mass is 461 g/mol. The molecular formula is C15H13Cl3F3N3O2S. The lowest BCUT2D eigenvalue weighted by Crippen LogP contribution is -2.38. The van der Waals surface area contributed by atoms with Crippen LogP contribution in [0.25, 0.3) is 0 Å². The van der Waals surface area contributed by atoms with Crippen LogP contribution in [-0.2, 0) is 29.5 Å². The van der Waals surface area contributed by atoms with Gasteiger partial charge >= 0.3 is 6.18 Å². The molecule has 0 unspecified atom stereocenters. The Morgan fingerprint density at radius 1 is 1.07 bits per heavy atom. The summed E-state index contributed by atoms with van der Waals surface area (Å²) in [5.41, 5.74) is -0.577. The third-order valence-corrected chi connectivity index (χ3v) is 5.67. The minimum absolute atomic E-state index is 0.0309. The lowest BCUT2D eigenvalue weighted by atomic mass is 10.2. The number of hydrogen-bond acceptors (Lipinski definition) is 3. The predicted octanol–water partition coefficient (Wildman–Crippen LogP) is 4.53. The smallest absolute Gasteiger partial charge is 0.258 e. The number of hydrogen-bond donors (Lipinski definition) is 1. The zero-order valence-electron chi connectivity index (χ0n) is 13.7. The van der Waals surface area contributed by atoms with Crippen LogP contribution in [0.5, 0.6) is 0 Å². The van der Waals surface area contributed by atoms with Crippen LogP contribution in [-0.4, -0.2) is 24.8 Å². The molecule has 0 fully saturated rings. The van der Waals surface area contributed by atoms with Gasteiger partial charge in [0.25, 0.3) is 10.2 Å². The number of aromatic nitrogens is 1. The topological polar surface area (TPSA) is 62.3 Å². The largest absolute Gasteiger partial charge is 0.417 e. The van der Waals surface area contributed by atoms with Crippen molar-refractivity contribution in [2.24, 2.45) is 0 Å². The van der Waals surface area contributed by atoms with E-state index in [4.69, 9.17) is 34.8 Å². The molecule has 12 heteroatoms. The first-order valence-corrected chi connectivity index (χ1v) is 9.85. The van der Waals surface area contributed by atoms with Crippen molar-refractivity contribution in [1.29, 1.82) is 0 Å². The number of alkyl halides is 3. The van der Waals surface area contributed by atoms with Gasteiger partial charge < -0.3 is 0 Å². The number of nitrogens with one attached hydrogen (secondary N) is 1. The van der Waals surface area contributed by atoms with Gasteiger partial charge in [-0.15, -0.1) is 0 Å². The lowest BCUT2D eigenvalue weighted by molar-refractivity contribution is -0.137. The van der Waals surface area contributed by atoms with E-state index in [-0.39, 0.29) is 23.8 Å². The molecular weight excluding hydrogens is 450 g/mol. The standard InChI is InChI=1S/C15H13Cl3F3N3O2S/c1-22-27(25,26)24(7-9-2-11(16)5-12(17)3-9)8-14-13(18)4-10(6-23-14)15(19,20)21/h2-6,22H,7-8H2,1H3. The van der Waals surface area contributed by atoms with Crippen LogP contribution in [0.2, 0.25) is 15.1 Å². The molecule has 5 nitrogen and oxygen atoms in total. The first kappa shape index (κ1) is 22.2. The van der Waals surface area contributed by atoms with Gasteiger partial charge in [-0.1, -0.05) is 34.8 Å². The fourth-order valence-electron chi connectivity index (χ4n) is 2.17. The third-order valence-electron chi connectivity index (χ3n) is 3.45. The fourth-order valence-corrected chi connectivity index (χ4v) is 3.83. The number of rotatable bonds is 6. The van der Waals surface area contributed by atoms with E-state index < -0.39 is 21.9 Å². The SMILES string of the molecule is CNS(=O)(=O)N(Cc1cc(Cl)cc(Cl)c1)Cc1ncc(C(F)(F)F)cc1Cl. The van der Waals surface area contributed by atoms with Gasteiger partial charge in [-0.2, -0.15) is 25.9 Å². The van der Waals surface area contributed by atoms with Crippen LogP contribution < -0.4 is 4.72 Å². The van der Waals surface area contributed by atoms with Gasteiger partial charge in [-0.3, -0.25) is 4.98 Å². The Balaban J connectivity index is 2.36. The van der Waals surface area contributed by atoms with Crippen LogP contribution in [0, 0.1) is 0 Å². The highest BCUT2D eigenvalue weighted by Gasteiger charge is 2.32. The summed E-state index contributed by atoms with van der Waals surface area (Å²) < 4.78 is 65.9. The first-order valence-electron chi connectivity index (χ1n) is 7.27. The molecule has 0 atom stereocenters. The summed E-state index contributed by atoms with van der Waals surface area (Å²) >= 11 is 17.7. The molecule has 0 radical (unpaired) electrons. The molecule has 1 aromatic carbocycles. The van der Waals surface area contributed by atoms with E-state index >= 15 is 0 Å². The first-order chi connectivity index (χ1) is 12.4. The second kappa shape index (κ2) is 8.50. The quantitative estimate of drug-likeness (QED) is 0.686. The normalized spacial score (nSPS) is 12.6. The lowest BCUT2D eigenvalue weighted by Gasteiger charge is -2.22. The minimum Gasteiger partial charge on any atom is -0.258 e. The highest BCUT2D eigenvalue weighted by molar-refractivity contribution is 7.87. The molecule has 0 aliphatic heterocycles. The van der Waals surface area contributed by atoms with Gasteiger partial charge in [0.1, 0.15) is 0 Å². The molecule has 0 bridgehead atoms. The molecule has 0 saturated carbocycles. The van der Waals surface area contributed by atoms with Gasteiger partial charge in [0.05, 0.1) is 22.8 Å². The van der Waals surface area contributed by atoms with Crippen LogP contribution in [0.3, 0.4) is 0 Å². The Hall–Kier alpha value is -1.10. The van der Waals surface area contributed by atoms with Gasteiger partial charge in [0.2, 0.25) is 0 Å². The molecule has 1 N–H and O–H groups in total. The Morgan fingerprint density at radius 3 is 2.15 bits per heavy atom. The molecule has 0 aliphatic carbocycles. The summed E-state index contributed by atoms with van der Waals surface area (Å²) in [6, 6.07) is 5.23. The van der Waals surface area contributed by atoms with Crippen molar-refractivity contribution in [3.8, 4) is 0 Å². The summed E-state index contributed by atoms with van der Waals surface area (Å²) in [6.45, 7) is -0.507. The van der Waals surface area contributed by atoms with Crippen molar-refractivity contribution in [3.63, 3.8) is 0 Å². The van der Waals surface area contributed by atoms with E-state index in [9.17, 15) is 21.6 Å². The molecule has 1 aromatic heterocycles. The molecule has 0 spiro atoms. The van der Waals surface area contributed by atoms with Crippen LogP contribution in [0.1, 0.15) is 16.8 Å². The average Bonchev–Trinajstić information content (AvgIpc) is 2.54. The zero-order chi connectivity index (χ0) is 20.4. The Morgan fingerprint density at radius 2 is 1.67 bits per heavy atom. The summed E-state index contributed by atoms with van der Waals surface area (Å²) in [5, 5.41) is 0.320. The van der Waals surface area contributed by atoms with Gasteiger partial charge in [-0.25, -0.2) is 4.72 Å². The second-order valence-corrected chi connectivity index (χ2v) is 8.56. The summed E-state index contributed by atoms with van der Waals surface area (Å²) in [4.78, 5) is 3.67. The maximum absolute atomic E-state index is 12.7. The summed E-state index contributed by atoms with van der Waals surface area (Å²) in [7, 11) is -2.76. The van der Waals surface area contributed by atoms with Gasteiger partial charge in [0, 0.05) is 29.8 Å². The van der Waals surface area contributed by atoms with Gasteiger partial charge in [-0.05, 0) is 29.8 Å². The molecule has 0 saturated heterocycles. The predicted molar refractivity (Wildman–Crippen MR) is 97.9 cm³/mol. The molecule has 1 heterocycles. The van der Waals surface area contributed by atoms with Crippen molar-refractivity contribution in [2.75, 3.05) is 7.05 Å². The van der Waals surface area contributed by atoms with E-state index in [2.05, 4.69) is 9.71 Å². The number of halogens is 6. The number of pyridine rings is 1. The third kappa shape index (κ3) is 5.94. The number of benzene rings is 1. The fraction of sp³-hybridized carbons (Fsp3) is 0.267. The van der Waals surface area contributed by atoms with Crippen LogP contribution in [0.15, 0.2) is 30.5 Å². The van der Waals surface area contributed by atoms with Crippen molar-refractivity contribution < 1.29 is 21.6 Å². The summed E-state index contributed by atoms with van der Waals surface area (Å²) in [5.74, 6) is 0. The Kier molecular flexibility index (Phi) is 6.99. The molecule has 2 aromatic rings. The van der Waals surface area contributed by atoms with E-state index in [1.54, 1.807) is 0 Å². The second-order valence-electron chi connectivity index (χ2n) is 5.41. The zero-order valence-corrected chi connectivity index (χ0v) is 16.8. The molecule has 0 aliphatic rings. The molecule has 2 rings (SSSR count). The van der Waals surface area contributed by atoms with Crippen molar-refractivity contribution >= 4 is 45.0 Å². The highest BCUT2D eigenvalue weighted by atomic mass is 35.5. The number of nitrogens with zero attached hydrogens (tertiary/aromatic N) is 2. The highest BCUT2D eigenvalue weighted by Crippen LogP contribution is 2.31. The average molecular weight is 463 g/mol. The summed E-state index contributed by atoms with van der Waals surface area (Å²) in [6.07, 6.45) is -4.01. The van der Waals surface area contributed by atoms with Crippen LogP contribution >= 0.6 is 34.8 Å². The van der Waals surface area contributed by atoms with Crippen molar-refractivity contribution in [1.82, 2.24) is 14.0 Å².